The van der Waals surface area contributed by atoms with Crippen LogP contribution >= 0.6 is 0 Å². The van der Waals surface area contributed by atoms with Crippen LogP contribution in [0, 0.1) is 0 Å². The highest BCUT2D eigenvalue weighted by molar-refractivity contribution is 6.21. The van der Waals surface area contributed by atoms with E-state index in [0.717, 1.165) is 0 Å². The van der Waals surface area contributed by atoms with Crippen molar-refractivity contribution in [2.24, 2.45) is 5.16 Å². The number of hydrogen-bond acceptors (Lipinski definition) is 5. The second-order valence-electron chi connectivity index (χ2n) is 2.46. The number of aliphatic hydroxyl groups excluding tert-OH is 1. The molecule has 0 saturated heterocycles. The summed E-state index contributed by atoms with van der Waals surface area (Å²) in [5.74, 6) is -0.499. The molecule has 5 heteroatoms. The summed E-state index contributed by atoms with van der Waals surface area (Å²) in [4.78, 5) is 15.2. The fourth-order valence-electron chi connectivity index (χ4n) is 0.723. The highest BCUT2D eigenvalue weighted by atomic mass is 16.7. The van der Waals surface area contributed by atoms with E-state index in [9.17, 15) is 4.79 Å². The molecule has 1 aliphatic heterocycles. The van der Waals surface area contributed by atoms with Crippen molar-refractivity contribution >= 4 is 11.7 Å². The maximum Gasteiger partial charge on any atom is 0.369 e. The van der Waals surface area contributed by atoms with Gasteiger partial charge in [-0.25, -0.2) is 4.79 Å². The van der Waals surface area contributed by atoms with Gasteiger partial charge in [-0.05, 0) is 13.8 Å². The zero-order valence-electron chi connectivity index (χ0n) is 6.87. The lowest BCUT2D eigenvalue weighted by molar-refractivity contribution is -0.136. The fraction of sp³-hybridized carbons (Fsp3) is 0.429. The van der Waals surface area contributed by atoms with Crippen LogP contribution in [0.5, 0.6) is 0 Å². The Balaban J connectivity index is 2.67. The summed E-state index contributed by atoms with van der Waals surface area (Å²) >= 11 is 0. The average molecular weight is 170 g/mol. The SMILES string of the molecule is CC1=NOC(=O)/C1=C\NC(C)O. The van der Waals surface area contributed by atoms with E-state index in [-0.39, 0.29) is 0 Å². The molecule has 0 aliphatic carbocycles. The first-order chi connectivity index (χ1) is 5.61. The summed E-state index contributed by atoms with van der Waals surface area (Å²) in [6.45, 7) is 3.20. The molecular formula is C7H10N2O3. The first-order valence-corrected chi connectivity index (χ1v) is 3.52. The van der Waals surface area contributed by atoms with Crippen molar-refractivity contribution in [2.75, 3.05) is 0 Å². The van der Waals surface area contributed by atoms with Crippen LogP contribution in [-0.2, 0) is 9.63 Å². The minimum absolute atomic E-state index is 0.343. The summed E-state index contributed by atoms with van der Waals surface area (Å²) in [6, 6.07) is 0. The minimum atomic E-state index is -0.696. The molecule has 5 nitrogen and oxygen atoms in total. The molecule has 2 N–H and O–H groups in total. The van der Waals surface area contributed by atoms with Crippen molar-refractivity contribution in [1.82, 2.24) is 5.32 Å². The molecule has 0 saturated carbocycles. The molecule has 1 heterocycles. The van der Waals surface area contributed by atoms with Crippen LogP contribution < -0.4 is 5.32 Å². The van der Waals surface area contributed by atoms with Crippen molar-refractivity contribution in [1.29, 1.82) is 0 Å². The molecule has 0 bridgehead atoms. The van der Waals surface area contributed by atoms with Gasteiger partial charge in [-0.15, -0.1) is 0 Å². The lowest BCUT2D eigenvalue weighted by Gasteiger charge is -2.02. The Kier molecular flexibility index (Phi) is 2.44. The monoisotopic (exact) mass is 170 g/mol. The van der Waals surface area contributed by atoms with Crippen LogP contribution in [0.25, 0.3) is 0 Å². The molecule has 0 aromatic carbocycles. The maximum atomic E-state index is 10.9. The molecular weight excluding hydrogens is 160 g/mol. The highest BCUT2D eigenvalue weighted by Crippen LogP contribution is 2.08. The van der Waals surface area contributed by atoms with Crippen molar-refractivity contribution in [3.05, 3.63) is 11.8 Å². The third kappa shape index (κ3) is 1.82. The van der Waals surface area contributed by atoms with Crippen LogP contribution in [0.4, 0.5) is 0 Å². The largest absolute Gasteiger partial charge is 0.374 e. The van der Waals surface area contributed by atoms with E-state index >= 15 is 0 Å². The van der Waals surface area contributed by atoms with Gasteiger partial charge in [0.2, 0.25) is 0 Å². The van der Waals surface area contributed by atoms with Crippen LogP contribution in [0.3, 0.4) is 0 Å². The molecule has 1 aliphatic rings. The third-order valence-corrected chi connectivity index (χ3v) is 1.34. The van der Waals surface area contributed by atoms with Crippen molar-refractivity contribution in [3.63, 3.8) is 0 Å². The molecule has 0 aromatic heterocycles. The number of aliphatic hydroxyl groups is 1. The average Bonchev–Trinajstić information content (AvgIpc) is 2.28. The van der Waals surface area contributed by atoms with E-state index in [2.05, 4.69) is 15.3 Å². The van der Waals surface area contributed by atoms with Gasteiger partial charge in [0, 0.05) is 6.20 Å². The number of carbonyl (C=O) groups excluding carboxylic acids is 1. The Hall–Kier alpha value is -1.36. The van der Waals surface area contributed by atoms with E-state index in [0.29, 0.717) is 11.3 Å². The Morgan fingerprint density at radius 2 is 2.42 bits per heavy atom. The number of carbonyl (C=O) groups is 1. The third-order valence-electron chi connectivity index (χ3n) is 1.34. The van der Waals surface area contributed by atoms with Crippen LogP contribution in [0.15, 0.2) is 16.9 Å². The van der Waals surface area contributed by atoms with Crippen LogP contribution in [0.2, 0.25) is 0 Å². The molecule has 12 heavy (non-hydrogen) atoms. The zero-order valence-corrected chi connectivity index (χ0v) is 6.87. The van der Waals surface area contributed by atoms with E-state index in [1.807, 2.05) is 0 Å². The first-order valence-electron chi connectivity index (χ1n) is 3.52. The van der Waals surface area contributed by atoms with Gasteiger partial charge in [0.1, 0.15) is 11.8 Å². The van der Waals surface area contributed by atoms with E-state index < -0.39 is 12.2 Å². The molecule has 66 valence electrons. The van der Waals surface area contributed by atoms with Gasteiger partial charge in [-0.1, -0.05) is 5.16 Å². The zero-order chi connectivity index (χ0) is 9.14. The topological polar surface area (TPSA) is 70.9 Å². The number of oxime groups is 1. The Morgan fingerprint density at radius 3 is 2.83 bits per heavy atom. The van der Waals surface area contributed by atoms with E-state index in [4.69, 9.17) is 5.11 Å². The van der Waals surface area contributed by atoms with Crippen molar-refractivity contribution in [3.8, 4) is 0 Å². The van der Waals surface area contributed by atoms with E-state index in [1.165, 1.54) is 6.20 Å². The van der Waals surface area contributed by atoms with Gasteiger partial charge in [0.15, 0.2) is 0 Å². The van der Waals surface area contributed by atoms with E-state index in [1.54, 1.807) is 13.8 Å². The quantitative estimate of drug-likeness (QED) is 0.340. The predicted octanol–water partition coefficient (Wildman–Crippen LogP) is -0.269. The van der Waals surface area contributed by atoms with Crippen molar-refractivity contribution < 1.29 is 14.7 Å². The van der Waals surface area contributed by atoms with Crippen LogP contribution in [0.1, 0.15) is 13.8 Å². The fourth-order valence-corrected chi connectivity index (χ4v) is 0.723. The molecule has 0 amide bonds. The minimum Gasteiger partial charge on any atom is -0.374 e. The van der Waals surface area contributed by atoms with Crippen LogP contribution in [-0.4, -0.2) is 23.0 Å². The molecule has 1 atom stereocenters. The Morgan fingerprint density at radius 1 is 1.75 bits per heavy atom. The highest BCUT2D eigenvalue weighted by Gasteiger charge is 2.21. The molecule has 0 spiro atoms. The maximum absolute atomic E-state index is 10.9. The summed E-state index contributed by atoms with van der Waals surface area (Å²) in [5.41, 5.74) is 0.851. The predicted molar refractivity (Wildman–Crippen MR) is 42.1 cm³/mol. The van der Waals surface area contributed by atoms with Gasteiger partial charge in [0.05, 0.1) is 5.71 Å². The number of nitrogens with one attached hydrogen (secondary N) is 1. The second kappa shape index (κ2) is 3.36. The summed E-state index contributed by atoms with van der Waals surface area (Å²) in [6.07, 6.45) is 0.692. The Bertz CT molecular complexity index is 255. The van der Waals surface area contributed by atoms with Crippen molar-refractivity contribution in [2.45, 2.75) is 20.1 Å². The summed E-state index contributed by atoms with van der Waals surface area (Å²) < 4.78 is 0. The summed E-state index contributed by atoms with van der Waals surface area (Å²) in [7, 11) is 0. The molecule has 0 aromatic rings. The number of rotatable bonds is 2. The van der Waals surface area contributed by atoms with Gasteiger partial charge in [-0.3, -0.25) is 0 Å². The van der Waals surface area contributed by atoms with Gasteiger partial charge < -0.3 is 15.3 Å². The smallest absolute Gasteiger partial charge is 0.369 e. The van der Waals surface area contributed by atoms with Gasteiger partial charge >= 0.3 is 5.97 Å². The molecule has 1 rings (SSSR count). The number of nitrogens with zero attached hydrogens (tertiary/aromatic N) is 1. The molecule has 1 unspecified atom stereocenters. The number of hydrogen-bond donors (Lipinski definition) is 2. The normalized spacial score (nSPS) is 22.1. The Labute approximate surface area is 69.7 Å². The van der Waals surface area contributed by atoms with Gasteiger partial charge in [0.25, 0.3) is 0 Å². The first kappa shape index (κ1) is 8.73. The lowest BCUT2D eigenvalue weighted by Crippen LogP contribution is -2.21. The second-order valence-corrected chi connectivity index (χ2v) is 2.46. The lowest BCUT2D eigenvalue weighted by atomic mass is 10.2. The molecule has 0 radical (unpaired) electrons. The summed E-state index contributed by atoms with van der Waals surface area (Å²) in [5, 5.41) is 14.9. The van der Waals surface area contributed by atoms with Gasteiger partial charge in [-0.2, -0.15) is 0 Å². The molecule has 0 fully saturated rings. The standard InChI is InChI=1S/C7H10N2O3/c1-4-6(3-8-5(2)10)7(11)12-9-4/h3,5,8,10H,1-2H3/b6-3-.